The zero-order valence-corrected chi connectivity index (χ0v) is 11.5. The Labute approximate surface area is 117 Å². The third-order valence-corrected chi connectivity index (χ3v) is 3.38. The molecule has 0 saturated carbocycles. The van der Waals surface area contributed by atoms with Crippen LogP contribution >= 0.6 is 0 Å². The molecule has 0 radical (unpaired) electrons. The largest absolute Gasteiger partial charge is 0.409 e. The summed E-state index contributed by atoms with van der Waals surface area (Å²) in [4.78, 5) is 12.0. The van der Waals surface area contributed by atoms with Gasteiger partial charge in [0.1, 0.15) is 0 Å². The third kappa shape index (κ3) is 2.82. The van der Waals surface area contributed by atoms with Gasteiger partial charge in [-0.1, -0.05) is 37.1 Å². The van der Waals surface area contributed by atoms with Crippen LogP contribution in [0.3, 0.4) is 0 Å². The number of benzene rings is 1. The quantitative estimate of drug-likeness (QED) is 0.288. The van der Waals surface area contributed by atoms with Crippen molar-refractivity contribution >= 4 is 16.7 Å². The van der Waals surface area contributed by atoms with Crippen molar-refractivity contribution in [1.29, 1.82) is 0 Å². The van der Waals surface area contributed by atoms with Crippen LogP contribution in [0.1, 0.15) is 31.7 Å². The Hall–Kier alpha value is -2.30. The first-order chi connectivity index (χ1) is 9.67. The number of amidine groups is 1. The lowest BCUT2D eigenvalue weighted by atomic mass is 10.1. The van der Waals surface area contributed by atoms with Crippen LogP contribution in [0, 0.1) is 0 Å². The topological polar surface area (TPSA) is 80.6 Å². The summed E-state index contributed by atoms with van der Waals surface area (Å²) in [5, 5.41) is 12.7. The lowest BCUT2D eigenvalue weighted by Gasteiger charge is -2.11. The Balaban J connectivity index is 2.52. The molecular weight excluding hydrogens is 254 g/mol. The molecule has 1 aromatic heterocycles. The summed E-state index contributed by atoms with van der Waals surface area (Å²) in [5.74, 6) is 0.0447. The number of nitrogens with zero attached hydrogens (tertiary/aromatic N) is 2. The fourth-order valence-electron chi connectivity index (χ4n) is 2.26. The van der Waals surface area contributed by atoms with E-state index in [1.165, 1.54) is 0 Å². The van der Waals surface area contributed by atoms with Crippen molar-refractivity contribution in [3.8, 4) is 0 Å². The molecule has 0 atom stereocenters. The van der Waals surface area contributed by atoms with Gasteiger partial charge in [0.2, 0.25) is 0 Å². The van der Waals surface area contributed by atoms with E-state index in [4.69, 9.17) is 10.9 Å². The van der Waals surface area contributed by atoms with E-state index in [-0.39, 0.29) is 11.4 Å². The standard InChI is InChI=1S/C15H19N3O2/c1-2-3-4-9-18-13-10-12(15(16)17-20)6-5-11(13)7-8-14(18)19/h5-8,10,20H,2-4,9H2,1H3,(H2,16,17). The van der Waals surface area contributed by atoms with E-state index in [9.17, 15) is 4.79 Å². The van der Waals surface area contributed by atoms with Gasteiger partial charge in [0.25, 0.3) is 5.56 Å². The van der Waals surface area contributed by atoms with Crippen molar-refractivity contribution in [3.63, 3.8) is 0 Å². The van der Waals surface area contributed by atoms with Gasteiger partial charge in [0, 0.05) is 18.2 Å². The minimum atomic E-state index is -0.0229. The van der Waals surface area contributed by atoms with Gasteiger partial charge in [0.05, 0.1) is 5.52 Å². The fraction of sp³-hybridized carbons (Fsp3) is 0.333. The van der Waals surface area contributed by atoms with Crippen LogP contribution in [0.25, 0.3) is 10.9 Å². The number of oxime groups is 1. The lowest BCUT2D eigenvalue weighted by Crippen LogP contribution is -2.20. The van der Waals surface area contributed by atoms with Crippen molar-refractivity contribution in [1.82, 2.24) is 4.57 Å². The van der Waals surface area contributed by atoms with Crippen molar-refractivity contribution in [2.24, 2.45) is 10.9 Å². The molecule has 0 aliphatic carbocycles. The van der Waals surface area contributed by atoms with Gasteiger partial charge in [-0.05, 0) is 23.9 Å². The number of aromatic nitrogens is 1. The van der Waals surface area contributed by atoms with E-state index in [1.807, 2.05) is 6.07 Å². The second kappa shape index (κ2) is 6.23. The Kier molecular flexibility index (Phi) is 4.40. The number of hydrogen-bond acceptors (Lipinski definition) is 3. The third-order valence-electron chi connectivity index (χ3n) is 3.38. The molecule has 0 fully saturated rings. The molecule has 1 heterocycles. The second-order valence-electron chi connectivity index (χ2n) is 4.79. The van der Waals surface area contributed by atoms with Crippen molar-refractivity contribution < 1.29 is 5.21 Å². The van der Waals surface area contributed by atoms with Crippen LogP contribution in [0.2, 0.25) is 0 Å². The van der Waals surface area contributed by atoms with Gasteiger partial charge in [-0.3, -0.25) is 4.79 Å². The molecular formula is C15H19N3O2. The van der Waals surface area contributed by atoms with E-state index < -0.39 is 0 Å². The molecule has 0 bridgehead atoms. The Bertz CT molecular complexity index is 689. The normalized spacial score (nSPS) is 11.9. The van der Waals surface area contributed by atoms with E-state index >= 15 is 0 Å². The summed E-state index contributed by atoms with van der Waals surface area (Å²) in [6.45, 7) is 2.81. The Morgan fingerprint density at radius 1 is 1.30 bits per heavy atom. The zero-order chi connectivity index (χ0) is 14.5. The molecule has 2 aromatic rings. The van der Waals surface area contributed by atoms with Crippen molar-refractivity contribution in [2.45, 2.75) is 32.7 Å². The Morgan fingerprint density at radius 2 is 2.05 bits per heavy atom. The first-order valence-electron chi connectivity index (χ1n) is 6.79. The number of fused-ring (bicyclic) bond motifs is 1. The van der Waals surface area contributed by atoms with Crippen LogP contribution in [-0.2, 0) is 6.54 Å². The molecule has 0 saturated heterocycles. The van der Waals surface area contributed by atoms with Gasteiger partial charge in [-0.2, -0.15) is 0 Å². The van der Waals surface area contributed by atoms with Crippen LogP contribution in [0.5, 0.6) is 0 Å². The molecule has 3 N–H and O–H groups in total. The zero-order valence-electron chi connectivity index (χ0n) is 11.5. The molecule has 0 aliphatic rings. The molecule has 0 aliphatic heterocycles. The highest BCUT2D eigenvalue weighted by Crippen LogP contribution is 2.15. The van der Waals surface area contributed by atoms with E-state index in [1.54, 1.807) is 28.8 Å². The number of nitrogens with two attached hydrogens (primary N) is 1. The van der Waals surface area contributed by atoms with Crippen LogP contribution in [0.4, 0.5) is 0 Å². The van der Waals surface area contributed by atoms with Crippen LogP contribution < -0.4 is 11.3 Å². The van der Waals surface area contributed by atoms with Crippen LogP contribution in [0.15, 0.2) is 40.3 Å². The second-order valence-corrected chi connectivity index (χ2v) is 4.79. The summed E-state index contributed by atoms with van der Waals surface area (Å²) in [6, 6.07) is 8.82. The first-order valence-corrected chi connectivity index (χ1v) is 6.79. The average Bonchev–Trinajstić information content (AvgIpc) is 2.48. The van der Waals surface area contributed by atoms with E-state index in [2.05, 4.69) is 12.1 Å². The lowest BCUT2D eigenvalue weighted by molar-refractivity contribution is 0.318. The minimum Gasteiger partial charge on any atom is -0.409 e. The van der Waals surface area contributed by atoms with E-state index in [0.717, 1.165) is 30.2 Å². The summed E-state index contributed by atoms with van der Waals surface area (Å²) in [7, 11) is 0. The molecule has 1 aromatic carbocycles. The summed E-state index contributed by atoms with van der Waals surface area (Å²) in [5.41, 5.74) is 7.01. The maximum atomic E-state index is 12.0. The number of aryl methyl sites for hydroxylation is 1. The SMILES string of the molecule is CCCCCn1c(=O)ccc2ccc(C(N)=NO)cc21. The number of rotatable bonds is 5. The highest BCUT2D eigenvalue weighted by Gasteiger charge is 2.06. The fourth-order valence-corrected chi connectivity index (χ4v) is 2.26. The molecule has 0 amide bonds. The highest BCUT2D eigenvalue weighted by atomic mass is 16.4. The highest BCUT2D eigenvalue weighted by molar-refractivity contribution is 6.00. The molecule has 5 heteroatoms. The van der Waals surface area contributed by atoms with Gasteiger partial charge < -0.3 is 15.5 Å². The van der Waals surface area contributed by atoms with Gasteiger partial charge >= 0.3 is 0 Å². The summed E-state index contributed by atoms with van der Waals surface area (Å²) >= 11 is 0. The molecule has 0 unspecified atom stereocenters. The Morgan fingerprint density at radius 3 is 2.75 bits per heavy atom. The molecule has 5 nitrogen and oxygen atoms in total. The predicted octanol–water partition coefficient (Wildman–Crippen LogP) is 2.29. The summed E-state index contributed by atoms with van der Waals surface area (Å²) in [6.07, 6.45) is 3.15. The average molecular weight is 273 g/mol. The number of pyridine rings is 1. The monoisotopic (exact) mass is 273 g/mol. The molecule has 2 rings (SSSR count). The van der Waals surface area contributed by atoms with Crippen LogP contribution in [-0.4, -0.2) is 15.6 Å². The number of hydrogen-bond donors (Lipinski definition) is 2. The maximum Gasteiger partial charge on any atom is 0.251 e. The smallest absolute Gasteiger partial charge is 0.251 e. The minimum absolute atomic E-state index is 0.0229. The van der Waals surface area contributed by atoms with E-state index in [0.29, 0.717) is 12.1 Å². The molecule has 20 heavy (non-hydrogen) atoms. The summed E-state index contributed by atoms with van der Waals surface area (Å²) < 4.78 is 1.75. The molecule has 106 valence electrons. The van der Waals surface area contributed by atoms with Crippen molar-refractivity contribution in [2.75, 3.05) is 0 Å². The maximum absolute atomic E-state index is 12.0. The predicted molar refractivity (Wildman–Crippen MR) is 80.2 cm³/mol. The number of unbranched alkanes of at least 4 members (excludes halogenated alkanes) is 2. The van der Waals surface area contributed by atoms with Gasteiger partial charge in [0.15, 0.2) is 5.84 Å². The van der Waals surface area contributed by atoms with Crippen molar-refractivity contribution in [3.05, 3.63) is 46.2 Å². The van der Waals surface area contributed by atoms with Gasteiger partial charge in [-0.25, -0.2) is 0 Å². The molecule has 0 spiro atoms. The van der Waals surface area contributed by atoms with Gasteiger partial charge in [-0.15, -0.1) is 0 Å². The first kappa shape index (κ1) is 14.1.